The van der Waals surface area contributed by atoms with E-state index in [2.05, 4.69) is 5.10 Å². The van der Waals surface area contributed by atoms with Gasteiger partial charge in [0.1, 0.15) is 4.90 Å². The lowest BCUT2D eigenvalue weighted by Crippen LogP contribution is -2.31. The Balaban J connectivity index is 3.11. The van der Waals surface area contributed by atoms with Crippen LogP contribution in [0.5, 0.6) is 0 Å². The van der Waals surface area contributed by atoms with Crippen molar-refractivity contribution in [2.75, 3.05) is 12.8 Å². The van der Waals surface area contributed by atoms with E-state index in [9.17, 15) is 8.42 Å². The van der Waals surface area contributed by atoms with Crippen LogP contribution in [0.2, 0.25) is 0 Å². The molecule has 16 heavy (non-hydrogen) atoms. The first-order chi connectivity index (χ1) is 7.16. The van der Waals surface area contributed by atoms with E-state index in [1.54, 1.807) is 4.68 Å². The van der Waals surface area contributed by atoms with Gasteiger partial charge in [-0.05, 0) is 5.41 Å². The van der Waals surface area contributed by atoms with Crippen molar-refractivity contribution in [3.05, 3.63) is 12.4 Å². The Morgan fingerprint density at radius 3 is 2.38 bits per heavy atom. The van der Waals surface area contributed by atoms with Gasteiger partial charge < -0.3 is 5.73 Å². The third kappa shape index (κ3) is 2.82. The molecule has 1 aromatic heterocycles. The second kappa shape index (κ2) is 4.18. The SMILES string of the molecule is CC(C)(C)C(CN)n1cc(S(C)(=O)=O)cn1. The van der Waals surface area contributed by atoms with Crippen LogP contribution < -0.4 is 5.73 Å². The molecule has 0 aliphatic heterocycles. The van der Waals surface area contributed by atoms with Crippen LogP contribution in [-0.4, -0.2) is 31.0 Å². The Labute approximate surface area is 96.6 Å². The maximum Gasteiger partial charge on any atom is 0.178 e. The summed E-state index contributed by atoms with van der Waals surface area (Å²) in [4.78, 5) is 0.232. The molecule has 1 atom stereocenters. The van der Waals surface area contributed by atoms with Gasteiger partial charge in [0.2, 0.25) is 0 Å². The Morgan fingerprint density at radius 2 is 2.06 bits per heavy atom. The number of nitrogens with two attached hydrogens (primary N) is 1. The molecule has 0 radical (unpaired) electrons. The van der Waals surface area contributed by atoms with Crippen LogP contribution in [0, 0.1) is 5.41 Å². The maximum atomic E-state index is 11.3. The quantitative estimate of drug-likeness (QED) is 0.855. The lowest BCUT2D eigenvalue weighted by molar-refractivity contribution is 0.231. The number of hydrogen-bond donors (Lipinski definition) is 1. The largest absolute Gasteiger partial charge is 0.328 e. The van der Waals surface area contributed by atoms with Gasteiger partial charge in [0, 0.05) is 19.0 Å². The zero-order valence-corrected chi connectivity index (χ0v) is 11.0. The fraction of sp³-hybridized carbons (Fsp3) is 0.700. The average molecular weight is 245 g/mol. The summed E-state index contributed by atoms with van der Waals surface area (Å²) in [5.74, 6) is 0. The van der Waals surface area contributed by atoms with E-state index < -0.39 is 9.84 Å². The molecular formula is C10H19N3O2S. The molecular weight excluding hydrogens is 226 g/mol. The third-order valence-electron chi connectivity index (χ3n) is 2.55. The summed E-state index contributed by atoms with van der Waals surface area (Å²) in [5.41, 5.74) is 5.64. The Kier molecular flexibility index (Phi) is 3.44. The summed E-state index contributed by atoms with van der Waals surface area (Å²) in [7, 11) is -3.19. The zero-order chi connectivity index (χ0) is 12.6. The molecule has 0 aliphatic rings. The van der Waals surface area contributed by atoms with Crippen LogP contribution in [-0.2, 0) is 9.84 Å². The van der Waals surface area contributed by atoms with Crippen molar-refractivity contribution < 1.29 is 8.42 Å². The average Bonchev–Trinajstić information content (AvgIpc) is 2.50. The molecule has 0 aromatic carbocycles. The molecule has 2 N–H and O–H groups in total. The molecule has 0 spiro atoms. The predicted octanol–water partition coefficient (Wildman–Crippen LogP) is 0.833. The fourth-order valence-corrected chi connectivity index (χ4v) is 2.08. The van der Waals surface area contributed by atoms with Crippen LogP contribution >= 0.6 is 0 Å². The van der Waals surface area contributed by atoms with Crippen LogP contribution in [0.3, 0.4) is 0 Å². The highest BCUT2D eigenvalue weighted by Crippen LogP contribution is 2.29. The van der Waals surface area contributed by atoms with Crippen molar-refractivity contribution in [3.63, 3.8) is 0 Å². The summed E-state index contributed by atoms with van der Waals surface area (Å²) >= 11 is 0. The summed E-state index contributed by atoms with van der Waals surface area (Å²) in [6.45, 7) is 6.57. The van der Waals surface area contributed by atoms with E-state index in [-0.39, 0.29) is 16.4 Å². The highest BCUT2D eigenvalue weighted by atomic mass is 32.2. The second-order valence-corrected chi connectivity index (χ2v) is 7.06. The predicted molar refractivity (Wildman–Crippen MR) is 62.9 cm³/mol. The summed E-state index contributed by atoms with van der Waals surface area (Å²) < 4.78 is 24.3. The highest BCUT2D eigenvalue weighted by Gasteiger charge is 2.26. The van der Waals surface area contributed by atoms with Gasteiger partial charge in [-0.2, -0.15) is 5.10 Å². The lowest BCUT2D eigenvalue weighted by atomic mass is 9.87. The molecule has 1 heterocycles. The van der Waals surface area contributed by atoms with Crippen LogP contribution in [0.1, 0.15) is 26.8 Å². The van der Waals surface area contributed by atoms with E-state index in [1.807, 2.05) is 20.8 Å². The van der Waals surface area contributed by atoms with Crippen molar-refractivity contribution in [2.24, 2.45) is 11.1 Å². The lowest BCUT2D eigenvalue weighted by Gasteiger charge is -2.29. The maximum absolute atomic E-state index is 11.3. The Hall–Kier alpha value is -0.880. The van der Waals surface area contributed by atoms with Gasteiger partial charge in [-0.3, -0.25) is 4.68 Å². The minimum absolute atomic E-state index is 0.0111. The zero-order valence-electron chi connectivity index (χ0n) is 10.1. The normalized spacial score (nSPS) is 15.1. The van der Waals surface area contributed by atoms with Crippen molar-refractivity contribution in [1.29, 1.82) is 0 Å². The Morgan fingerprint density at radius 1 is 1.50 bits per heavy atom. The molecule has 1 rings (SSSR count). The second-order valence-electron chi connectivity index (χ2n) is 5.05. The summed E-state index contributed by atoms with van der Waals surface area (Å²) in [6.07, 6.45) is 4.07. The first-order valence-corrected chi connectivity index (χ1v) is 6.99. The number of hydrogen-bond acceptors (Lipinski definition) is 4. The number of sulfone groups is 1. The topological polar surface area (TPSA) is 78.0 Å². The molecule has 0 amide bonds. The van der Waals surface area contributed by atoms with Crippen molar-refractivity contribution in [1.82, 2.24) is 9.78 Å². The Bertz CT molecular complexity index is 457. The van der Waals surface area contributed by atoms with Gasteiger partial charge in [0.05, 0.1) is 12.2 Å². The van der Waals surface area contributed by atoms with Crippen LogP contribution in [0.15, 0.2) is 17.3 Å². The van der Waals surface area contributed by atoms with Gasteiger partial charge in [0.15, 0.2) is 9.84 Å². The fourth-order valence-electron chi connectivity index (χ4n) is 1.54. The molecule has 0 fully saturated rings. The summed E-state index contributed by atoms with van der Waals surface area (Å²) in [6, 6.07) is -0.0111. The molecule has 0 bridgehead atoms. The first-order valence-electron chi connectivity index (χ1n) is 5.10. The molecule has 92 valence electrons. The van der Waals surface area contributed by atoms with Gasteiger partial charge in [-0.1, -0.05) is 20.8 Å². The number of rotatable bonds is 3. The highest BCUT2D eigenvalue weighted by molar-refractivity contribution is 7.90. The van der Waals surface area contributed by atoms with E-state index >= 15 is 0 Å². The number of aromatic nitrogens is 2. The molecule has 1 aromatic rings. The standard InChI is InChI=1S/C10H19N3O2S/c1-10(2,3)9(5-11)13-7-8(6-12-13)16(4,14)15/h6-7,9H,5,11H2,1-4H3. The third-order valence-corrected chi connectivity index (χ3v) is 3.62. The van der Waals surface area contributed by atoms with Gasteiger partial charge >= 0.3 is 0 Å². The first kappa shape index (κ1) is 13.2. The minimum Gasteiger partial charge on any atom is -0.328 e. The van der Waals surface area contributed by atoms with E-state index in [4.69, 9.17) is 5.73 Å². The van der Waals surface area contributed by atoms with E-state index in [0.29, 0.717) is 6.54 Å². The van der Waals surface area contributed by atoms with Crippen LogP contribution in [0.4, 0.5) is 0 Å². The van der Waals surface area contributed by atoms with Gasteiger partial charge in [-0.25, -0.2) is 8.42 Å². The smallest absolute Gasteiger partial charge is 0.178 e. The monoisotopic (exact) mass is 245 g/mol. The molecule has 0 aliphatic carbocycles. The van der Waals surface area contributed by atoms with E-state index in [0.717, 1.165) is 0 Å². The molecule has 1 unspecified atom stereocenters. The van der Waals surface area contributed by atoms with Crippen molar-refractivity contribution >= 4 is 9.84 Å². The van der Waals surface area contributed by atoms with Crippen molar-refractivity contribution in [2.45, 2.75) is 31.7 Å². The van der Waals surface area contributed by atoms with Crippen molar-refractivity contribution in [3.8, 4) is 0 Å². The minimum atomic E-state index is -3.19. The summed E-state index contributed by atoms with van der Waals surface area (Å²) in [5, 5.41) is 4.08. The molecule has 5 nitrogen and oxygen atoms in total. The van der Waals surface area contributed by atoms with Gasteiger partial charge in [-0.15, -0.1) is 0 Å². The van der Waals surface area contributed by atoms with Crippen LogP contribution in [0.25, 0.3) is 0 Å². The molecule has 0 saturated carbocycles. The van der Waals surface area contributed by atoms with Gasteiger partial charge in [0.25, 0.3) is 0 Å². The molecule has 0 saturated heterocycles. The number of nitrogens with zero attached hydrogens (tertiary/aromatic N) is 2. The molecule has 6 heteroatoms. The van der Waals surface area contributed by atoms with E-state index in [1.165, 1.54) is 18.6 Å².